The molecule has 1 fully saturated rings. The van der Waals surface area contributed by atoms with Gasteiger partial charge >= 0.3 is 0 Å². The first kappa shape index (κ1) is 20.3. The van der Waals surface area contributed by atoms with Gasteiger partial charge in [-0.05, 0) is 36.5 Å². The predicted molar refractivity (Wildman–Crippen MR) is 93.3 cm³/mol. The van der Waals surface area contributed by atoms with Gasteiger partial charge in [-0.15, -0.1) is 0 Å². The highest BCUT2D eigenvalue weighted by atomic mass is 19.1. The van der Waals surface area contributed by atoms with E-state index in [4.69, 9.17) is 0 Å². The molecule has 7 heteroatoms. The normalized spacial score (nSPS) is 20.3. The van der Waals surface area contributed by atoms with Crippen LogP contribution in [0.1, 0.15) is 38.7 Å². The number of aliphatic hydroxyl groups excluding tert-OH is 1. The summed E-state index contributed by atoms with van der Waals surface area (Å²) in [5.74, 6) is -1.49. The molecule has 0 spiro atoms. The number of piperidine rings is 1. The standard InChI is InChI=1S/C19H26F2N2O3/c1-12(2)3-4-18(25)22-16-9-17(24)11-23(10-16)19(26)7-13-5-14(20)8-15(21)6-13/h5-6,8,12,16-17,24H,3-4,7,9-11H2,1-2H3,(H,22,25)/t16-,17+/m0/s1. The average Bonchev–Trinajstić information content (AvgIpc) is 2.51. The molecule has 26 heavy (non-hydrogen) atoms. The zero-order chi connectivity index (χ0) is 19.3. The van der Waals surface area contributed by atoms with Crippen LogP contribution < -0.4 is 5.32 Å². The molecule has 1 aromatic carbocycles. The van der Waals surface area contributed by atoms with E-state index in [-0.39, 0.29) is 42.9 Å². The lowest BCUT2D eigenvalue weighted by Gasteiger charge is -2.36. The maximum atomic E-state index is 13.3. The third-order valence-corrected chi connectivity index (χ3v) is 4.37. The van der Waals surface area contributed by atoms with Crippen molar-refractivity contribution in [2.45, 2.75) is 51.7 Å². The Kier molecular flexibility index (Phi) is 7.08. The summed E-state index contributed by atoms with van der Waals surface area (Å²) in [7, 11) is 0. The number of carbonyl (C=O) groups is 2. The summed E-state index contributed by atoms with van der Waals surface area (Å²) < 4.78 is 26.5. The van der Waals surface area contributed by atoms with E-state index in [1.54, 1.807) is 0 Å². The molecule has 144 valence electrons. The van der Waals surface area contributed by atoms with Crippen LogP contribution in [0.4, 0.5) is 8.78 Å². The number of likely N-dealkylation sites (tertiary alicyclic amines) is 1. The minimum atomic E-state index is -0.743. The maximum absolute atomic E-state index is 13.3. The Balaban J connectivity index is 1.93. The van der Waals surface area contributed by atoms with Crippen molar-refractivity contribution < 1.29 is 23.5 Å². The molecule has 0 aliphatic carbocycles. The molecular formula is C19H26F2N2O3. The van der Waals surface area contributed by atoms with Crippen molar-refractivity contribution in [2.75, 3.05) is 13.1 Å². The fourth-order valence-electron chi connectivity index (χ4n) is 3.10. The number of carbonyl (C=O) groups excluding carboxylic acids is 2. The second-order valence-corrected chi connectivity index (χ2v) is 7.34. The summed E-state index contributed by atoms with van der Waals surface area (Å²) in [5.41, 5.74) is 0.241. The largest absolute Gasteiger partial charge is 0.391 e. The van der Waals surface area contributed by atoms with Crippen molar-refractivity contribution >= 4 is 11.8 Å². The number of hydrogen-bond acceptors (Lipinski definition) is 3. The van der Waals surface area contributed by atoms with Crippen LogP contribution in [-0.4, -0.2) is 47.1 Å². The van der Waals surface area contributed by atoms with Gasteiger partial charge in [-0.25, -0.2) is 8.78 Å². The number of nitrogens with one attached hydrogen (secondary N) is 1. The number of aliphatic hydroxyl groups is 1. The minimum absolute atomic E-state index is 0.0996. The van der Waals surface area contributed by atoms with Crippen molar-refractivity contribution in [3.05, 3.63) is 35.4 Å². The Morgan fingerprint density at radius 2 is 1.88 bits per heavy atom. The molecule has 2 atom stereocenters. The number of halogens is 2. The number of rotatable bonds is 6. The zero-order valence-corrected chi connectivity index (χ0v) is 15.2. The molecule has 1 heterocycles. The van der Waals surface area contributed by atoms with E-state index >= 15 is 0 Å². The summed E-state index contributed by atoms with van der Waals surface area (Å²) in [6, 6.07) is 2.66. The summed E-state index contributed by atoms with van der Waals surface area (Å²) >= 11 is 0. The van der Waals surface area contributed by atoms with Crippen LogP contribution in [-0.2, 0) is 16.0 Å². The van der Waals surface area contributed by atoms with Crippen LogP contribution in [0, 0.1) is 17.6 Å². The highest BCUT2D eigenvalue weighted by Gasteiger charge is 2.29. The lowest BCUT2D eigenvalue weighted by atomic mass is 10.0. The fourth-order valence-corrected chi connectivity index (χ4v) is 3.10. The summed E-state index contributed by atoms with van der Waals surface area (Å²) in [4.78, 5) is 25.9. The van der Waals surface area contributed by atoms with Gasteiger partial charge in [-0.3, -0.25) is 9.59 Å². The summed E-state index contributed by atoms with van der Waals surface area (Å²) in [5, 5.41) is 12.9. The van der Waals surface area contributed by atoms with Gasteiger partial charge in [0, 0.05) is 31.6 Å². The van der Waals surface area contributed by atoms with Gasteiger partial charge in [-0.2, -0.15) is 0 Å². The Morgan fingerprint density at radius 1 is 1.23 bits per heavy atom. The first-order chi connectivity index (χ1) is 12.2. The highest BCUT2D eigenvalue weighted by molar-refractivity contribution is 5.79. The van der Waals surface area contributed by atoms with Crippen LogP contribution in [0.2, 0.25) is 0 Å². The van der Waals surface area contributed by atoms with Crippen LogP contribution >= 0.6 is 0 Å². The zero-order valence-electron chi connectivity index (χ0n) is 15.2. The van der Waals surface area contributed by atoms with Gasteiger partial charge in [0.2, 0.25) is 11.8 Å². The first-order valence-corrected chi connectivity index (χ1v) is 8.93. The Bertz CT molecular complexity index is 631. The Hall–Kier alpha value is -2.02. The van der Waals surface area contributed by atoms with Crippen LogP contribution in [0.5, 0.6) is 0 Å². The van der Waals surface area contributed by atoms with Crippen molar-refractivity contribution in [2.24, 2.45) is 5.92 Å². The lowest BCUT2D eigenvalue weighted by Crippen LogP contribution is -2.54. The SMILES string of the molecule is CC(C)CCC(=O)N[C@H]1C[C@@H](O)CN(C(=O)Cc2cc(F)cc(F)c2)C1. The molecule has 0 unspecified atom stereocenters. The molecule has 5 nitrogen and oxygen atoms in total. The third kappa shape index (κ3) is 6.37. The maximum Gasteiger partial charge on any atom is 0.227 e. The highest BCUT2D eigenvalue weighted by Crippen LogP contribution is 2.15. The van der Waals surface area contributed by atoms with Gasteiger partial charge in [0.1, 0.15) is 11.6 Å². The van der Waals surface area contributed by atoms with Crippen molar-refractivity contribution in [3.8, 4) is 0 Å². The first-order valence-electron chi connectivity index (χ1n) is 8.93. The van der Waals surface area contributed by atoms with Crippen molar-refractivity contribution in [1.29, 1.82) is 0 Å². The molecule has 2 N–H and O–H groups in total. The second kappa shape index (κ2) is 9.07. The van der Waals surface area contributed by atoms with Crippen LogP contribution in [0.3, 0.4) is 0 Å². The number of hydrogen-bond donors (Lipinski definition) is 2. The predicted octanol–water partition coefficient (Wildman–Crippen LogP) is 2.02. The average molecular weight is 368 g/mol. The molecule has 0 radical (unpaired) electrons. The lowest BCUT2D eigenvalue weighted by molar-refractivity contribution is -0.135. The molecule has 0 saturated carbocycles. The molecule has 0 bridgehead atoms. The molecule has 1 aliphatic heterocycles. The Morgan fingerprint density at radius 3 is 2.50 bits per heavy atom. The fraction of sp³-hybridized carbons (Fsp3) is 0.579. The van der Waals surface area contributed by atoms with Gasteiger partial charge < -0.3 is 15.3 Å². The molecule has 2 rings (SSSR count). The number of benzene rings is 1. The monoisotopic (exact) mass is 368 g/mol. The van der Waals surface area contributed by atoms with E-state index in [2.05, 4.69) is 5.32 Å². The second-order valence-electron chi connectivity index (χ2n) is 7.34. The van der Waals surface area contributed by atoms with E-state index in [0.29, 0.717) is 18.8 Å². The van der Waals surface area contributed by atoms with Crippen molar-refractivity contribution in [1.82, 2.24) is 10.2 Å². The van der Waals surface area contributed by atoms with E-state index in [9.17, 15) is 23.5 Å². The molecule has 1 saturated heterocycles. The van der Waals surface area contributed by atoms with E-state index in [0.717, 1.165) is 24.6 Å². The topological polar surface area (TPSA) is 69.6 Å². The molecule has 2 amide bonds. The quantitative estimate of drug-likeness (QED) is 0.807. The molecular weight excluding hydrogens is 342 g/mol. The summed E-state index contributed by atoms with van der Waals surface area (Å²) in [6.07, 6.45) is 0.656. The van der Waals surface area contributed by atoms with Gasteiger partial charge in [0.25, 0.3) is 0 Å². The smallest absolute Gasteiger partial charge is 0.227 e. The van der Waals surface area contributed by atoms with Gasteiger partial charge in [0.05, 0.1) is 12.5 Å². The number of amides is 2. The third-order valence-electron chi connectivity index (χ3n) is 4.37. The van der Waals surface area contributed by atoms with Crippen molar-refractivity contribution in [3.63, 3.8) is 0 Å². The van der Waals surface area contributed by atoms with Crippen LogP contribution in [0.25, 0.3) is 0 Å². The minimum Gasteiger partial charge on any atom is -0.391 e. The van der Waals surface area contributed by atoms with Gasteiger partial charge in [-0.1, -0.05) is 13.8 Å². The number of nitrogens with zero attached hydrogens (tertiary/aromatic N) is 1. The number of β-amino-alcohol motifs (C(OH)–C–C–N with tert-alkyl or cyclic N) is 1. The van der Waals surface area contributed by atoms with Crippen LogP contribution in [0.15, 0.2) is 18.2 Å². The van der Waals surface area contributed by atoms with E-state index in [1.807, 2.05) is 13.8 Å². The van der Waals surface area contributed by atoms with E-state index in [1.165, 1.54) is 4.90 Å². The molecule has 1 aromatic rings. The Labute approximate surface area is 152 Å². The molecule has 1 aliphatic rings. The van der Waals surface area contributed by atoms with Gasteiger partial charge in [0.15, 0.2) is 0 Å². The van der Waals surface area contributed by atoms with E-state index < -0.39 is 17.7 Å². The summed E-state index contributed by atoms with van der Waals surface area (Å²) in [6.45, 7) is 4.50. The molecule has 0 aromatic heterocycles.